The maximum Gasteiger partial charge on any atom is 0.258 e. The van der Waals surface area contributed by atoms with Crippen LogP contribution in [-0.2, 0) is 6.61 Å². The van der Waals surface area contributed by atoms with Crippen LogP contribution in [-0.4, -0.2) is 23.2 Å². The van der Waals surface area contributed by atoms with Crippen molar-refractivity contribution < 1.29 is 19.1 Å². The number of nitrogens with one attached hydrogen (secondary N) is 2. The normalized spacial score (nSPS) is 10.6. The van der Waals surface area contributed by atoms with Gasteiger partial charge in [-0.25, -0.2) is 0 Å². The van der Waals surface area contributed by atoms with Gasteiger partial charge < -0.3 is 19.6 Å². The van der Waals surface area contributed by atoms with Gasteiger partial charge in [0.25, 0.3) is 5.91 Å². The molecule has 0 fully saturated rings. The summed E-state index contributed by atoms with van der Waals surface area (Å²) in [5.74, 6) is 1.32. The SMILES string of the molecule is COc1ccc(-c2ccc(CO)o2)cc1NC(=S)NC(=O)c1cccc2ccccc12. The lowest BCUT2D eigenvalue weighted by Gasteiger charge is -2.14. The number of rotatable bonds is 5. The van der Waals surface area contributed by atoms with Crippen molar-refractivity contribution in [3.8, 4) is 17.1 Å². The minimum absolute atomic E-state index is 0.142. The van der Waals surface area contributed by atoms with Crippen LogP contribution in [0.5, 0.6) is 5.75 Å². The number of amides is 1. The van der Waals surface area contributed by atoms with Gasteiger partial charge in [-0.3, -0.25) is 10.1 Å². The molecule has 4 aromatic rings. The molecule has 0 aliphatic rings. The van der Waals surface area contributed by atoms with Crippen molar-refractivity contribution in [3.63, 3.8) is 0 Å². The Labute approximate surface area is 184 Å². The first-order chi connectivity index (χ1) is 15.1. The molecule has 0 atom stereocenters. The average Bonchev–Trinajstić information content (AvgIpc) is 3.28. The Balaban J connectivity index is 1.55. The second-order valence-electron chi connectivity index (χ2n) is 6.77. The molecule has 156 valence electrons. The lowest BCUT2D eigenvalue weighted by Crippen LogP contribution is -2.34. The van der Waals surface area contributed by atoms with Crippen LogP contribution < -0.4 is 15.4 Å². The highest BCUT2D eigenvalue weighted by molar-refractivity contribution is 7.80. The fraction of sp³-hybridized carbons (Fsp3) is 0.0833. The second kappa shape index (κ2) is 8.99. The van der Waals surface area contributed by atoms with Crippen molar-refractivity contribution in [1.29, 1.82) is 0 Å². The van der Waals surface area contributed by atoms with Gasteiger partial charge in [0.1, 0.15) is 23.9 Å². The van der Waals surface area contributed by atoms with E-state index in [-0.39, 0.29) is 17.6 Å². The first kappa shape index (κ1) is 20.6. The molecule has 6 nitrogen and oxygen atoms in total. The third-order valence-electron chi connectivity index (χ3n) is 4.81. The minimum atomic E-state index is -0.303. The van der Waals surface area contributed by atoms with E-state index in [2.05, 4.69) is 10.6 Å². The quantitative estimate of drug-likeness (QED) is 0.396. The minimum Gasteiger partial charge on any atom is -0.495 e. The number of aliphatic hydroxyl groups is 1. The Kier molecular flexibility index (Phi) is 5.97. The number of anilines is 1. The monoisotopic (exact) mass is 432 g/mol. The van der Waals surface area contributed by atoms with Gasteiger partial charge in [-0.15, -0.1) is 0 Å². The zero-order valence-electron chi connectivity index (χ0n) is 16.7. The summed E-state index contributed by atoms with van der Waals surface area (Å²) >= 11 is 5.37. The summed E-state index contributed by atoms with van der Waals surface area (Å²) in [4.78, 5) is 12.8. The molecule has 3 N–H and O–H groups in total. The van der Waals surface area contributed by atoms with Crippen molar-refractivity contribution in [2.45, 2.75) is 6.61 Å². The van der Waals surface area contributed by atoms with Crippen LogP contribution in [0.1, 0.15) is 16.1 Å². The van der Waals surface area contributed by atoms with Crippen molar-refractivity contribution in [2.75, 3.05) is 12.4 Å². The number of furan rings is 1. The van der Waals surface area contributed by atoms with E-state index in [1.165, 1.54) is 0 Å². The van der Waals surface area contributed by atoms with E-state index in [9.17, 15) is 9.90 Å². The van der Waals surface area contributed by atoms with Crippen LogP contribution in [0, 0.1) is 0 Å². The van der Waals surface area contributed by atoms with Gasteiger partial charge in [0.2, 0.25) is 0 Å². The summed E-state index contributed by atoms with van der Waals surface area (Å²) in [6.45, 7) is -0.175. The smallest absolute Gasteiger partial charge is 0.258 e. The zero-order chi connectivity index (χ0) is 21.8. The van der Waals surface area contributed by atoms with E-state index in [0.717, 1.165) is 16.3 Å². The first-order valence-corrected chi connectivity index (χ1v) is 9.98. The van der Waals surface area contributed by atoms with E-state index < -0.39 is 0 Å². The Morgan fingerprint density at radius 3 is 2.65 bits per heavy atom. The second-order valence-corrected chi connectivity index (χ2v) is 7.18. The number of ether oxygens (including phenoxy) is 1. The molecular formula is C24H20N2O4S. The van der Waals surface area contributed by atoms with E-state index in [1.807, 2.05) is 42.5 Å². The van der Waals surface area contributed by atoms with Crippen LogP contribution in [0.2, 0.25) is 0 Å². The number of aliphatic hydroxyl groups excluding tert-OH is 1. The molecule has 3 aromatic carbocycles. The maximum atomic E-state index is 12.8. The Hall–Kier alpha value is -3.68. The molecule has 0 unspecified atom stereocenters. The third kappa shape index (κ3) is 4.42. The van der Waals surface area contributed by atoms with Gasteiger partial charge in [0.05, 0.1) is 12.8 Å². The fourth-order valence-corrected chi connectivity index (χ4v) is 3.53. The summed E-state index contributed by atoms with van der Waals surface area (Å²) in [5, 5.41) is 16.9. The molecule has 4 rings (SSSR count). The third-order valence-corrected chi connectivity index (χ3v) is 5.02. The molecule has 7 heteroatoms. The lowest BCUT2D eigenvalue weighted by molar-refractivity contribution is 0.0979. The van der Waals surface area contributed by atoms with E-state index in [4.69, 9.17) is 21.4 Å². The molecule has 1 aromatic heterocycles. The van der Waals surface area contributed by atoms with Crippen LogP contribution >= 0.6 is 12.2 Å². The lowest BCUT2D eigenvalue weighted by atomic mass is 10.0. The number of fused-ring (bicyclic) bond motifs is 1. The molecule has 0 bridgehead atoms. The summed E-state index contributed by atoms with van der Waals surface area (Å²) in [7, 11) is 1.55. The van der Waals surface area contributed by atoms with Gasteiger partial charge in [-0.05, 0) is 59.4 Å². The molecule has 1 amide bonds. The van der Waals surface area contributed by atoms with E-state index >= 15 is 0 Å². The van der Waals surface area contributed by atoms with Crippen LogP contribution in [0.25, 0.3) is 22.1 Å². The highest BCUT2D eigenvalue weighted by Crippen LogP contribution is 2.31. The Morgan fingerprint density at radius 1 is 1.06 bits per heavy atom. The highest BCUT2D eigenvalue weighted by Gasteiger charge is 2.14. The standard InChI is InChI=1S/C24H20N2O4S/c1-29-22-11-9-16(21-12-10-17(14-27)30-21)13-20(22)25-24(31)26-23(28)19-8-4-6-15-5-2-3-7-18(15)19/h2-13,27H,14H2,1H3,(H2,25,26,28,31). The molecular weight excluding hydrogens is 412 g/mol. The van der Waals surface area contributed by atoms with Gasteiger partial charge in [0.15, 0.2) is 5.11 Å². The van der Waals surface area contributed by atoms with Gasteiger partial charge >= 0.3 is 0 Å². The number of carbonyl (C=O) groups is 1. The van der Waals surface area contributed by atoms with E-state index in [0.29, 0.717) is 28.5 Å². The average molecular weight is 433 g/mol. The van der Waals surface area contributed by atoms with Crippen molar-refractivity contribution in [2.24, 2.45) is 0 Å². The number of carbonyl (C=O) groups excluding carboxylic acids is 1. The Morgan fingerprint density at radius 2 is 1.87 bits per heavy atom. The molecule has 0 radical (unpaired) electrons. The van der Waals surface area contributed by atoms with E-state index in [1.54, 1.807) is 37.4 Å². The molecule has 0 saturated heterocycles. The summed E-state index contributed by atoms with van der Waals surface area (Å²) in [5.41, 5.74) is 1.88. The van der Waals surface area contributed by atoms with Crippen molar-refractivity contribution >= 4 is 39.7 Å². The molecule has 1 heterocycles. The molecule has 31 heavy (non-hydrogen) atoms. The molecule has 0 aliphatic carbocycles. The molecule has 0 spiro atoms. The predicted molar refractivity (Wildman–Crippen MR) is 124 cm³/mol. The highest BCUT2D eigenvalue weighted by atomic mass is 32.1. The fourth-order valence-electron chi connectivity index (χ4n) is 3.32. The number of benzene rings is 3. The largest absolute Gasteiger partial charge is 0.495 e. The van der Waals surface area contributed by atoms with Crippen LogP contribution in [0.3, 0.4) is 0 Å². The summed E-state index contributed by atoms with van der Waals surface area (Å²) in [6.07, 6.45) is 0. The van der Waals surface area contributed by atoms with Crippen molar-refractivity contribution in [3.05, 3.63) is 84.1 Å². The number of hydrogen-bond donors (Lipinski definition) is 3. The summed E-state index contributed by atoms with van der Waals surface area (Å²) < 4.78 is 11.0. The number of methoxy groups -OCH3 is 1. The predicted octanol–water partition coefficient (Wildman–Crippen LogP) is 4.73. The van der Waals surface area contributed by atoms with Crippen LogP contribution in [0.4, 0.5) is 5.69 Å². The molecule has 0 aliphatic heterocycles. The maximum absolute atomic E-state index is 12.8. The summed E-state index contributed by atoms with van der Waals surface area (Å²) in [6, 6.07) is 22.1. The number of hydrogen-bond acceptors (Lipinski definition) is 5. The van der Waals surface area contributed by atoms with Gasteiger partial charge in [0, 0.05) is 11.1 Å². The van der Waals surface area contributed by atoms with Gasteiger partial charge in [-0.1, -0.05) is 36.4 Å². The topological polar surface area (TPSA) is 83.7 Å². The molecule has 0 saturated carbocycles. The zero-order valence-corrected chi connectivity index (χ0v) is 17.5. The number of thiocarbonyl (C=S) groups is 1. The first-order valence-electron chi connectivity index (χ1n) is 9.57. The Bertz CT molecular complexity index is 1260. The van der Waals surface area contributed by atoms with Crippen molar-refractivity contribution in [1.82, 2.24) is 5.32 Å². The van der Waals surface area contributed by atoms with Gasteiger partial charge in [-0.2, -0.15) is 0 Å². The van der Waals surface area contributed by atoms with Crippen LogP contribution in [0.15, 0.2) is 77.2 Å².